The van der Waals surface area contributed by atoms with Crippen LogP contribution in [0.1, 0.15) is 27.2 Å². The van der Waals surface area contributed by atoms with Crippen molar-refractivity contribution < 1.29 is 0 Å². The number of nitrogens with one attached hydrogen (secondary N) is 1. The summed E-state index contributed by atoms with van der Waals surface area (Å²) in [6.45, 7) is 13.1. The van der Waals surface area contributed by atoms with Crippen molar-refractivity contribution in [2.75, 3.05) is 46.8 Å². The Morgan fingerprint density at radius 1 is 1.12 bits per heavy atom. The topological polar surface area (TPSA) is 18.5 Å². The summed E-state index contributed by atoms with van der Waals surface area (Å²) in [6.07, 6.45) is 1.31. The van der Waals surface area contributed by atoms with Crippen LogP contribution in [0.15, 0.2) is 0 Å². The predicted molar refractivity (Wildman–Crippen MR) is 75.4 cm³/mol. The Kier molecular flexibility index (Phi) is 6.45. The third-order valence-electron chi connectivity index (χ3n) is 3.79. The number of hydrogen-bond acceptors (Lipinski definition) is 3. The summed E-state index contributed by atoms with van der Waals surface area (Å²) in [4.78, 5) is 5.02. The van der Waals surface area contributed by atoms with Crippen LogP contribution < -0.4 is 5.32 Å². The Morgan fingerprint density at radius 3 is 2.18 bits per heavy atom. The summed E-state index contributed by atoms with van der Waals surface area (Å²) in [5.74, 6) is 1.54. The molecule has 0 aromatic heterocycles. The van der Waals surface area contributed by atoms with Crippen molar-refractivity contribution in [3.05, 3.63) is 0 Å². The zero-order valence-corrected chi connectivity index (χ0v) is 12.4. The van der Waals surface area contributed by atoms with E-state index < -0.39 is 0 Å². The van der Waals surface area contributed by atoms with Crippen molar-refractivity contribution in [3.63, 3.8) is 0 Å². The molecule has 0 amide bonds. The summed E-state index contributed by atoms with van der Waals surface area (Å²) in [6, 6.07) is 0.713. The van der Waals surface area contributed by atoms with Crippen LogP contribution in [-0.2, 0) is 0 Å². The third-order valence-corrected chi connectivity index (χ3v) is 3.79. The van der Waals surface area contributed by atoms with E-state index in [9.17, 15) is 0 Å². The van der Waals surface area contributed by atoms with Crippen LogP contribution in [0.3, 0.4) is 0 Å². The van der Waals surface area contributed by atoms with E-state index in [1.54, 1.807) is 0 Å². The van der Waals surface area contributed by atoms with E-state index in [4.69, 9.17) is 0 Å². The standard InChI is InChI=1S/C14H31N3/c1-12(2)10-14(16(4)5)13(3)11-17-8-6-15-7-9-17/h12-15H,6-11H2,1-5H3. The molecule has 1 N–H and O–H groups in total. The highest BCUT2D eigenvalue weighted by molar-refractivity contribution is 4.79. The van der Waals surface area contributed by atoms with Crippen molar-refractivity contribution in [2.24, 2.45) is 11.8 Å². The molecule has 1 aliphatic heterocycles. The first kappa shape index (κ1) is 14.9. The minimum absolute atomic E-state index is 0.713. The molecule has 1 fully saturated rings. The van der Waals surface area contributed by atoms with Gasteiger partial charge in [-0.25, -0.2) is 0 Å². The van der Waals surface area contributed by atoms with Crippen molar-refractivity contribution in [2.45, 2.75) is 33.2 Å². The molecule has 2 atom stereocenters. The molecular formula is C14H31N3. The maximum Gasteiger partial charge on any atom is 0.0129 e. The molecule has 0 radical (unpaired) electrons. The Morgan fingerprint density at radius 2 is 1.71 bits per heavy atom. The average Bonchev–Trinajstić information content (AvgIpc) is 2.26. The van der Waals surface area contributed by atoms with E-state index in [-0.39, 0.29) is 0 Å². The number of rotatable bonds is 6. The second-order valence-electron chi connectivity index (χ2n) is 6.19. The highest BCUT2D eigenvalue weighted by atomic mass is 15.2. The van der Waals surface area contributed by atoms with Crippen LogP contribution in [0, 0.1) is 11.8 Å². The maximum atomic E-state index is 3.42. The molecule has 3 heteroatoms. The first-order chi connectivity index (χ1) is 8.00. The fraction of sp³-hybridized carbons (Fsp3) is 1.00. The molecule has 17 heavy (non-hydrogen) atoms. The van der Waals surface area contributed by atoms with Gasteiger partial charge in [-0.15, -0.1) is 0 Å². The molecule has 0 saturated carbocycles. The zero-order chi connectivity index (χ0) is 12.8. The SMILES string of the molecule is CC(C)CC(C(C)CN1CCNCC1)N(C)C. The lowest BCUT2D eigenvalue weighted by molar-refractivity contribution is 0.133. The third kappa shape index (κ3) is 5.36. The molecule has 0 aliphatic carbocycles. The van der Waals surface area contributed by atoms with Gasteiger partial charge in [-0.2, -0.15) is 0 Å². The van der Waals surface area contributed by atoms with Crippen molar-refractivity contribution in [3.8, 4) is 0 Å². The smallest absolute Gasteiger partial charge is 0.0129 e. The minimum Gasteiger partial charge on any atom is -0.314 e. The highest BCUT2D eigenvalue weighted by Crippen LogP contribution is 2.18. The fourth-order valence-corrected chi connectivity index (χ4v) is 2.86. The van der Waals surface area contributed by atoms with E-state index in [1.165, 1.54) is 26.1 Å². The van der Waals surface area contributed by atoms with Gasteiger partial charge in [-0.05, 0) is 32.4 Å². The van der Waals surface area contributed by atoms with Gasteiger partial charge < -0.3 is 15.1 Å². The first-order valence-electron chi connectivity index (χ1n) is 7.10. The van der Waals surface area contributed by atoms with Crippen molar-refractivity contribution in [1.82, 2.24) is 15.1 Å². The summed E-state index contributed by atoms with van der Waals surface area (Å²) in [5.41, 5.74) is 0. The van der Waals surface area contributed by atoms with E-state index in [2.05, 4.69) is 50.0 Å². The first-order valence-corrected chi connectivity index (χ1v) is 7.10. The lowest BCUT2D eigenvalue weighted by atomic mass is 9.92. The quantitative estimate of drug-likeness (QED) is 0.760. The van der Waals surface area contributed by atoms with Crippen molar-refractivity contribution in [1.29, 1.82) is 0 Å². The van der Waals surface area contributed by atoms with Gasteiger partial charge in [-0.3, -0.25) is 0 Å². The molecule has 1 saturated heterocycles. The van der Waals surface area contributed by atoms with E-state index >= 15 is 0 Å². The van der Waals surface area contributed by atoms with Gasteiger partial charge in [0.15, 0.2) is 0 Å². The Balaban J connectivity index is 2.42. The molecule has 0 aromatic rings. The van der Waals surface area contributed by atoms with Gasteiger partial charge in [0, 0.05) is 38.8 Å². The van der Waals surface area contributed by atoms with Crippen LogP contribution in [0.25, 0.3) is 0 Å². The number of hydrogen-bond donors (Lipinski definition) is 1. The number of nitrogens with zero attached hydrogens (tertiary/aromatic N) is 2. The second kappa shape index (κ2) is 7.34. The normalized spacial score (nSPS) is 22.1. The lowest BCUT2D eigenvalue weighted by Gasteiger charge is -2.36. The van der Waals surface area contributed by atoms with Crippen molar-refractivity contribution >= 4 is 0 Å². The molecule has 0 spiro atoms. The lowest BCUT2D eigenvalue weighted by Crippen LogP contribution is -2.48. The van der Waals surface area contributed by atoms with E-state index in [0.717, 1.165) is 24.9 Å². The van der Waals surface area contributed by atoms with Gasteiger partial charge in [-0.1, -0.05) is 20.8 Å². The Hall–Kier alpha value is -0.120. The molecule has 0 aromatic carbocycles. The predicted octanol–water partition coefficient (Wildman–Crippen LogP) is 1.50. The summed E-state index contributed by atoms with van der Waals surface area (Å²) in [7, 11) is 4.45. The number of piperazine rings is 1. The van der Waals surface area contributed by atoms with Crippen LogP contribution in [0.5, 0.6) is 0 Å². The van der Waals surface area contributed by atoms with Crippen LogP contribution in [0.2, 0.25) is 0 Å². The minimum atomic E-state index is 0.713. The molecule has 2 unspecified atom stereocenters. The molecule has 0 bridgehead atoms. The van der Waals surface area contributed by atoms with E-state index in [1.807, 2.05) is 0 Å². The zero-order valence-electron chi connectivity index (χ0n) is 12.4. The van der Waals surface area contributed by atoms with Crippen LogP contribution in [-0.4, -0.2) is 62.7 Å². The average molecular weight is 241 g/mol. The molecule has 1 aliphatic rings. The molecular weight excluding hydrogens is 210 g/mol. The molecule has 1 rings (SSSR count). The van der Waals surface area contributed by atoms with Crippen LogP contribution >= 0.6 is 0 Å². The molecule has 3 nitrogen and oxygen atoms in total. The van der Waals surface area contributed by atoms with Gasteiger partial charge >= 0.3 is 0 Å². The summed E-state index contributed by atoms with van der Waals surface area (Å²) >= 11 is 0. The van der Waals surface area contributed by atoms with Gasteiger partial charge in [0.05, 0.1) is 0 Å². The monoisotopic (exact) mass is 241 g/mol. The van der Waals surface area contributed by atoms with Gasteiger partial charge in [0.25, 0.3) is 0 Å². The Labute approximate surface area is 108 Å². The Bertz CT molecular complexity index is 198. The summed E-state index contributed by atoms with van der Waals surface area (Å²) < 4.78 is 0. The van der Waals surface area contributed by atoms with E-state index in [0.29, 0.717) is 6.04 Å². The largest absolute Gasteiger partial charge is 0.314 e. The van der Waals surface area contributed by atoms with Gasteiger partial charge in [0.2, 0.25) is 0 Å². The summed E-state index contributed by atoms with van der Waals surface area (Å²) in [5, 5.41) is 3.42. The molecule has 1 heterocycles. The fourth-order valence-electron chi connectivity index (χ4n) is 2.86. The second-order valence-corrected chi connectivity index (χ2v) is 6.19. The van der Waals surface area contributed by atoms with Crippen LogP contribution in [0.4, 0.5) is 0 Å². The van der Waals surface area contributed by atoms with Gasteiger partial charge in [0.1, 0.15) is 0 Å². The highest BCUT2D eigenvalue weighted by Gasteiger charge is 2.23. The maximum absolute atomic E-state index is 3.42. The molecule has 102 valence electrons.